The molecule has 1 atom stereocenters. The summed E-state index contributed by atoms with van der Waals surface area (Å²) in [6.07, 6.45) is 0. The summed E-state index contributed by atoms with van der Waals surface area (Å²) in [7, 11) is -2.71. The largest absolute Gasteiger partial charge is 0.493 e. The molecule has 9 heteroatoms. The number of hydrogen-bond acceptors (Lipinski definition) is 7. The van der Waals surface area contributed by atoms with Crippen LogP contribution in [0.3, 0.4) is 0 Å². The first-order valence-corrected chi connectivity index (χ1v) is 13.1. The molecule has 190 valence electrons. The van der Waals surface area contributed by atoms with Crippen LogP contribution in [0.5, 0.6) is 23.0 Å². The molecule has 0 aliphatic rings. The summed E-state index contributed by atoms with van der Waals surface area (Å²) in [6.45, 7) is -0.444. The van der Waals surface area contributed by atoms with Crippen LogP contribution in [-0.2, 0) is 11.2 Å². The molecule has 0 aromatic heterocycles. The Morgan fingerprint density at radius 3 is 1.84 bits per heavy atom. The number of para-hydroxylation sites is 2. The van der Waals surface area contributed by atoms with E-state index in [2.05, 4.69) is 0 Å². The summed E-state index contributed by atoms with van der Waals surface area (Å²) in [4.78, 5) is 11.2. The summed E-state index contributed by atoms with van der Waals surface area (Å²) in [5.41, 5.74) is 0.0472. The summed E-state index contributed by atoms with van der Waals surface area (Å²) in [5, 5.41) is 11.8. The fraction of sp³-hybridized carbons (Fsp3) is 0.143. The molecule has 4 aromatic rings. The second-order valence-corrected chi connectivity index (χ2v) is 10.1. The smallest absolute Gasteiger partial charge is 0.444 e. The number of rotatable bonds is 12. The first kappa shape index (κ1) is 25.8. The maximum absolute atomic E-state index is 14.4. The Bertz CT molecular complexity index is 1310. The lowest BCUT2D eigenvalue weighted by Crippen LogP contribution is -2.19. The zero-order valence-electron chi connectivity index (χ0n) is 20.1. The van der Waals surface area contributed by atoms with Gasteiger partial charge in [0, 0.05) is 4.92 Å². The zero-order valence-corrected chi connectivity index (χ0v) is 21.0. The molecule has 0 radical (unpaired) electrons. The SMILES string of the molecule is COc1ccc([C@@H](C[N+](=O)[O-])P(=O)(Oc2ccccc2)Oc2ccccc2)cc1OCc1ccccc1. The van der Waals surface area contributed by atoms with Gasteiger partial charge in [0.1, 0.15) is 18.1 Å². The van der Waals surface area contributed by atoms with Crippen molar-refractivity contribution < 1.29 is 28.0 Å². The van der Waals surface area contributed by atoms with Crippen molar-refractivity contribution in [2.45, 2.75) is 12.3 Å². The van der Waals surface area contributed by atoms with Gasteiger partial charge in [-0.15, -0.1) is 0 Å². The molecule has 0 amide bonds. The van der Waals surface area contributed by atoms with Crippen LogP contribution in [0.4, 0.5) is 0 Å². The van der Waals surface area contributed by atoms with Gasteiger partial charge < -0.3 is 18.5 Å². The third-order valence-corrected chi connectivity index (χ3v) is 7.62. The van der Waals surface area contributed by atoms with Crippen molar-refractivity contribution in [3.63, 3.8) is 0 Å². The van der Waals surface area contributed by atoms with E-state index in [9.17, 15) is 14.7 Å². The molecule has 0 fully saturated rings. The predicted molar refractivity (Wildman–Crippen MR) is 140 cm³/mol. The second kappa shape index (κ2) is 12.1. The van der Waals surface area contributed by atoms with Crippen molar-refractivity contribution in [1.82, 2.24) is 0 Å². The quantitative estimate of drug-likeness (QED) is 0.114. The first-order valence-electron chi connectivity index (χ1n) is 11.5. The van der Waals surface area contributed by atoms with Crippen molar-refractivity contribution in [2.24, 2.45) is 0 Å². The molecule has 0 N–H and O–H groups in total. The minimum Gasteiger partial charge on any atom is -0.493 e. The maximum atomic E-state index is 14.4. The molecule has 0 bridgehead atoms. The number of benzene rings is 4. The Morgan fingerprint density at radius 2 is 1.32 bits per heavy atom. The molecule has 0 saturated heterocycles. The van der Waals surface area contributed by atoms with Crippen LogP contribution < -0.4 is 18.5 Å². The molecule has 8 nitrogen and oxygen atoms in total. The van der Waals surface area contributed by atoms with Gasteiger partial charge in [0.05, 0.1) is 7.11 Å². The van der Waals surface area contributed by atoms with Crippen LogP contribution in [0.2, 0.25) is 0 Å². The van der Waals surface area contributed by atoms with Crippen molar-refractivity contribution >= 4 is 7.60 Å². The topological polar surface area (TPSA) is 97.1 Å². The summed E-state index contributed by atoms with van der Waals surface area (Å²) in [5.74, 6) is 1.32. The molecule has 37 heavy (non-hydrogen) atoms. The number of nitro groups is 1. The third-order valence-electron chi connectivity index (χ3n) is 5.47. The normalized spacial score (nSPS) is 11.8. The average molecular weight is 519 g/mol. The Morgan fingerprint density at radius 1 is 0.784 bits per heavy atom. The first-order chi connectivity index (χ1) is 18.0. The van der Waals surface area contributed by atoms with E-state index < -0.39 is 24.7 Å². The number of ether oxygens (including phenoxy) is 2. The number of nitrogens with zero attached hydrogens (tertiary/aromatic N) is 1. The van der Waals surface area contributed by atoms with Gasteiger partial charge in [0.25, 0.3) is 0 Å². The lowest BCUT2D eigenvalue weighted by molar-refractivity contribution is -0.480. The number of methoxy groups -OCH3 is 1. The molecular weight excluding hydrogens is 493 g/mol. The van der Waals surface area contributed by atoms with Gasteiger partial charge in [-0.2, -0.15) is 0 Å². The van der Waals surface area contributed by atoms with E-state index in [1.165, 1.54) is 7.11 Å². The minimum absolute atomic E-state index is 0.249. The Kier molecular flexibility index (Phi) is 8.44. The van der Waals surface area contributed by atoms with E-state index in [-0.39, 0.29) is 18.1 Å². The van der Waals surface area contributed by atoms with E-state index in [1.807, 2.05) is 30.3 Å². The Balaban J connectivity index is 1.74. The van der Waals surface area contributed by atoms with Gasteiger partial charge in [-0.05, 0) is 47.5 Å². The molecular formula is C28H26NO7P. The van der Waals surface area contributed by atoms with E-state index in [0.29, 0.717) is 17.1 Å². The fourth-order valence-corrected chi connectivity index (χ4v) is 5.66. The predicted octanol–water partition coefficient (Wildman–Crippen LogP) is 6.94. The van der Waals surface area contributed by atoms with Gasteiger partial charge in [0.15, 0.2) is 17.2 Å². The highest BCUT2D eigenvalue weighted by atomic mass is 31.2. The molecule has 0 aliphatic carbocycles. The maximum Gasteiger partial charge on any atom is 0.444 e. The summed E-state index contributed by atoms with van der Waals surface area (Å²) < 4.78 is 37.7. The van der Waals surface area contributed by atoms with Gasteiger partial charge in [0.2, 0.25) is 6.54 Å². The van der Waals surface area contributed by atoms with E-state index in [1.54, 1.807) is 78.9 Å². The standard InChI is InChI=1S/C28H26NO7P/c1-33-26-18-17-23(19-27(26)34-21-22-11-5-2-6-12-22)28(20-29(30)31)37(32,35-24-13-7-3-8-14-24)36-25-15-9-4-10-16-25/h2-19,28H,20-21H2,1H3/t28-/m1/s1. The van der Waals surface area contributed by atoms with Crippen LogP contribution >= 0.6 is 7.60 Å². The van der Waals surface area contributed by atoms with E-state index >= 15 is 0 Å². The zero-order chi connectivity index (χ0) is 26.1. The van der Waals surface area contributed by atoms with E-state index in [0.717, 1.165) is 5.56 Å². The van der Waals surface area contributed by atoms with Crippen molar-refractivity contribution in [2.75, 3.05) is 13.7 Å². The highest BCUT2D eigenvalue weighted by molar-refractivity contribution is 7.55. The molecule has 0 spiro atoms. The molecule has 0 heterocycles. The highest BCUT2D eigenvalue weighted by Gasteiger charge is 2.44. The van der Waals surface area contributed by atoms with E-state index in [4.69, 9.17) is 18.5 Å². The van der Waals surface area contributed by atoms with Gasteiger partial charge in [-0.3, -0.25) is 10.1 Å². The second-order valence-electron chi connectivity index (χ2n) is 8.06. The lowest BCUT2D eigenvalue weighted by atomic mass is 10.1. The lowest BCUT2D eigenvalue weighted by Gasteiger charge is -2.26. The van der Waals surface area contributed by atoms with Crippen LogP contribution in [0.1, 0.15) is 16.8 Å². The van der Waals surface area contributed by atoms with Crippen LogP contribution in [0, 0.1) is 10.1 Å². The minimum atomic E-state index is -4.21. The third kappa shape index (κ3) is 6.90. The van der Waals surface area contributed by atoms with Crippen molar-refractivity contribution in [3.05, 3.63) is 130 Å². The van der Waals surface area contributed by atoms with Crippen LogP contribution in [0.25, 0.3) is 0 Å². The fourth-order valence-electron chi connectivity index (χ4n) is 3.68. The Labute approximate surface area is 215 Å². The molecule has 0 aliphatic heterocycles. The summed E-state index contributed by atoms with van der Waals surface area (Å²) >= 11 is 0. The molecule has 0 saturated carbocycles. The molecule has 4 rings (SSSR count). The monoisotopic (exact) mass is 519 g/mol. The average Bonchev–Trinajstić information content (AvgIpc) is 2.92. The molecule has 4 aromatic carbocycles. The van der Waals surface area contributed by atoms with Crippen LogP contribution in [-0.4, -0.2) is 18.6 Å². The van der Waals surface area contributed by atoms with Crippen LogP contribution in [0.15, 0.2) is 109 Å². The van der Waals surface area contributed by atoms with Gasteiger partial charge in [-0.25, -0.2) is 4.57 Å². The number of hydrogen-bond donors (Lipinski definition) is 0. The van der Waals surface area contributed by atoms with Crippen molar-refractivity contribution in [3.8, 4) is 23.0 Å². The van der Waals surface area contributed by atoms with Gasteiger partial charge >= 0.3 is 7.60 Å². The molecule has 0 unspecified atom stereocenters. The summed E-state index contributed by atoms with van der Waals surface area (Å²) in [6, 6.07) is 31.3. The van der Waals surface area contributed by atoms with Crippen molar-refractivity contribution in [1.29, 1.82) is 0 Å². The van der Waals surface area contributed by atoms with Gasteiger partial charge in [-0.1, -0.05) is 72.8 Å². The highest BCUT2D eigenvalue weighted by Crippen LogP contribution is 2.60. The Hall–Kier alpha value is -4.29.